The maximum atomic E-state index is 12.1. The smallest absolute Gasteiger partial charge is 0.226 e. The highest BCUT2D eigenvalue weighted by Crippen LogP contribution is 2.19. The fourth-order valence-corrected chi connectivity index (χ4v) is 3.48. The summed E-state index contributed by atoms with van der Waals surface area (Å²) in [5.41, 5.74) is 0. The van der Waals surface area contributed by atoms with Crippen LogP contribution < -0.4 is 10.2 Å². The summed E-state index contributed by atoms with van der Waals surface area (Å²) in [5, 5.41) is 2.88. The maximum Gasteiger partial charge on any atom is 0.226 e. The van der Waals surface area contributed by atoms with Gasteiger partial charge in [0.2, 0.25) is 5.91 Å². The normalized spacial score (nSPS) is 15.2. The first-order chi connectivity index (χ1) is 12.2. The summed E-state index contributed by atoms with van der Waals surface area (Å²) in [6, 6.07) is 12.0. The van der Waals surface area contributed by atoms with Crippen molar-refractivity contribution in [1.29, 1.82) is 0 Å². The van der Waals surface area contributed by atoms with Gasteiger partial charge in [-0.1, -0.05) is 18.2 Å². The highest BCUT2D eigenvalue weighted by Gasteiger charge is 2.16. The lowest BCUT2D eigenvalue weighted by molar-refractivity contribution is -0.115. The van der Waals surface area contributed by atoms with E-state index in [4.69, 9.17) is 0 Å². The summed E-state index contributed by atoms with van der Waals surface area (Å²) in [6.45, 7) is 3.91. The first-order valence-corrected chi connectivity index (χ1v) is 9.42. The minimum atomic E-state index is -0.0218. The Kier molecular flexibility index (Phi) is 6.25. The summed E-state index contributed by atoms with van der Waals surface area (Å²) in [6.07, 6.45) is 1.97. The molecule has 1 saturated heterocycles. The van der Waals surface area contributed by atoms with Crippen molar-refractivity contribution in [2.24, 2.45) is 0 Å². The molecule has 1 aromatic carbocycles. The third-order valence-corrected chi connectivity index (χ3v) is 5.10. The van der Waals surface area contributed by atoms with Gasteiger partial charge in [-0.05, 0) is 19.2 Å². The van der Waals surface area contributed by atoms with Crippen molar-refractivity contribution in [2.75, 3.05) is 49.2 Å². The predicted octanol–water partition coefficient (Wildman–Crippen LogP) is 2.35. The number of thioether (sulfide) groups is 1. The molecule has 3 rings (SSSR count). The molecule has 2 heterocycles. The van der Waals surface area contributed by atoms with E-state index in [0.717, 1.165) is 37.7 Å². The highest BCUT2D eigenvalue weighted by molar-refractivity contribution is 7.99. The van der Waals surface area contributed by atoms with Gasteiger partial charge >= 0.3 is 0 Å². The number of aromatic nitrogens is 2. The van der Waals surface area contributed by atoms with Crippen LogP contribution >= 0.6 is 11.8 Å². The van der Waals surface area contributed by atoms with Crippen LogP contribution in [0, 0.1) is 0 Å². The average molecular weight is 357 g/mol. The molecule has 1 fully saturated rings. The molecule has 7 heteroatoms. The molecule has 132 valence electrons. The van der Waals surface area contributed by atoms with Crippen LogP contribution in [0.4, 0.5) is 11.6 Å². The van der Waals surface area contributed by atoms with Crippen LogP contribution in [0.25, 0.3) is 0 Å². The van der Waals surface area contributed by atoms with Crippen LogP contribution in [0.1, 0.15) is 6.42 Å². The van der Waals surface area contributed by atoms with Crippen molar-refractivity contribution in [1.82, 2.24) is 14.9 Å². The number of piperazine rings is 1. The van der Waals surface area contributed by atoms with Gasteiger partial charge in [0.1, 0.15) is 18.0 Å². The second kappa shape index (κ2) is 8.82. The molecule has 2 aromatic rings. The molecule has 1 aromatic heterocycles. The van der Waals surface area contributed by atoms with E-state index in [1.165, 1.54) is 11.2 Å². The van der Waals surface area contributed by atoms with Gasteiger partial charge in [0, 0.05) is 49.3 Å². The maximum absolute atomic E-state index is 12.1. The number of hydrogen-bond donors (Lipinski definition) is 1. The zero-order chi connectivity index (χ0) is 17.5. The van der Waals surface area contributed by atoms with E-state index in [-0.39, 0.29) is 5.91 Å². The molecule has 0 atom stereocenters. The SMILES string of the molecule is CN1CCN(c2cc(NC(=O)CCSc3ccccc3)ncn2)CC1. The molecule has 6 nitrogen and oxygen atoms in total. The van der Waals surface area contributed by atoms with E-state index < -0.39 is 0 Å². The number of nitrogens with zero attached hydrogens (tertiary/aromatic N) is 4. The number of carbonyl (C=O) groups is 1. The Bertz CT molecular complexity index is 689. The van der Waals surface area contributed by atoms with Crippen molar-refractivity contribution in [3.8, 4) is 0 Å². The molecular formula is C18H23N5OS. The predicted molar refractivity (Wildman–Crippen MR) is 102 cm³/mol. The average Bonchev–Trinajstić information content (AvgIpc) is 2.63. The number of amides is 1. The molecule has 0 spiro atoms. The number of rotatable bonds is 6. The number of hydrogen-bond acceptors (Lipinski definition) is 6. The monoisotopic (exact) mass is 357 g/mol. The Labute approximate surface area is 152 Å². The summed E-state index contributed by atoms with van der Waals surface area (Å²) < 4.78 is 0. The lowest BCUT2D eigenvalue weighted by Crippen LogP contribution is -2.44. The summed E-state index contributed by atoms with van der Waals surface area (Å²) in [4.78, 5) is 26.3. The number of benzene rings is 1. The lowest BCUT2D eigenvalue weighted by Gasteiger charge is -2.33. The van der Waals surface area contributed by atoms with E-state index in [9.17, 15) is 4.79 Å². The van der Waals surface area contributed by atoms with E-state index in [0.29, 0.717) is 12.2 Å². The number of carbonyl (C=O) groups excluding carboxylic acids is 1. The fraction of sp³-hybridized carbons (Fsp3) is 0.389. The Morgan fingerprint density at radius 1 is 1.16 bits per heavy atom. The topological polar surface area (TPSA) is 61.4 Å². The van der Waals surface area contributed by atoms with Crippen molar-refractivity contribution in [2.45, 2.75) is 11.3 Å². The first-order valence-electron chi connectivity index (χ1n) is 8.44. The van der Waals surface area contributed by atoms with Gasteiger partial charge in [-0.25, -0.2) is 9.97 Å². The molecule has 1 amide bonds. The zero-order valence-electron chi connectivity index (χ0n) is 14.4. The van der Waals surface area contributed by atoms with Crippen molar-refractivity contribution in [3.05, 3.63) is 42.7 Å². The molecule has 0 aliphatic carbocycles. The molecule has 0 unspecified atom stereocenters. The molecule has 0 radical (unpaired) electrons. The largest absolute Gasteiger partial charge is 0.354 e. The van der Waals surface area contributed by atoms with Gasteiger partial charge in [-0.3, -0.25) is 4.79 Å². The quantitative estimate of drug-likeness (QED) is 0.801. The minimum absolute atomic E-state index is 0.0218. The zero-order valence-corrected chi connectivity index (χ0v) is 15.2. The van der Waals surface area contributed by atoms with Crippen LogP contribution in [-0.2, 0) is 4.79 Å². The summed E-state index contributed by atoms with van der Waals surface area (Å²) in [7, 11) is 2.12. The highest BCUT2D eigenvalue weighted by atomic mass is 32.2. The van der Waals surface area contributed by atoms with Crippen molar-refractivity contribution in [3.63, 3.8) is 0 Å². The lowest BCUT2D eigenvalue weighted by atomic mass is 10.3. The molecule has 0 bridgehead atoms. The number of nitrogens with one attached hydrogen (secondary N) is 1. The second-order valence-electron chi connectivity index (χ2n) is 6.01. The van der Waals surface area contributed by atoms with Gasteiger partial charge < -0.3 is 15.1 Å². The van der Waals surface area contributed by atoms with Gasteiger partial charge in [-0.15, -0.1) is 11.8 Å². The van der Waals surface area contributed by atoms with Gasteiger partial charge in [-0.2, -0.15) is 0 Å². The number of anilines is 2. The van der Waals surface area contributed by atoms with Crippen LogP contribution in [0.2, 0.25) is 0 Å². The third-order valence-electron chi connectivity index (χ3n) is 4.09. The van der Waals surface area contributed by atoms with Crippen LogP contribution in [0.5, 0.6) is 0 Å². The molecule has 1 aliphatic rings. The second-order valence-corrected chi connectivity index (χ2v) is 7.18. The Hall–Kier alpha value is -2.12. The first kappa shape index (κ1) is 17.7. The Balaban J connectivity index is 1.49. The van der Waals surface area contributed by atoms with Crippen LogP contribution in [0.15, 0.2) is 47.6 Å². The molecular weight excluding hydrogens is 334 g/mol. The molecule has 0 saturated carbocycles. The van der Waals surface area contributed by atoms with Crippen LogP contribution in [-0.4, -0.2) is 59.8 Å². The Morgan fingerprint density at radius 3 is 2.68 bits per heavy atom. The van der Waals surface area contributed by atoms with E-state index >= 15 is 0 Å². The standard InChI is InChI=1S/C18H23N5OS/c1-22-8-10-23(11-9-22)17-13-16(19-14-20-17)21-18(24)7-12-25-15-5-3-2-4-6-15/h2-6,13-14H,7-12H2,1H3,(H,19,20,21,24). The number of likely N-dealkylation sites (N-methyl/N-ethyl adjacent to an activating group) is 1. The fourth-order valence-electron chi connectivity index (χ4n) is 2.61. The van der Waals surface area contributed by atoms with E-state index in [1.54, 1.807) is 11.8 Å². The van der Waals surface area contributed by atoms with Crippen molar-refractivity contribution >= 4 is 29.3 Å². The Morgan fingerprint density at radius 2 is 1.92 bits per heavy atom. The van der Waals surface area contributed by atoms with Gasteiger partial charge in [0.15, 0.2) is 0 Å². The molecule has 25 heavy (non-hydrogen) atoms. The molecule has 1 N–H and O–H groups in total. The van der Waals surface area contributed by atoms with E-state index in [1.807, 2.05) is 24.3 Å². The van der Waals surface area contributed by atoms with Gasteiger partial charge in [0.05, 0.1) is 0 Å². The van der Waals surface area contributed by atoms with Crippen molar-refractivity contribution < 1.29 is 4.79 Å². The third kappa shape index (κ3) is 5.44. The van der Waals surface area contributed by atoms with Gasteiger partial charge in [0.25, 0.3) is 0 Å². The minimum Gasteiger partial charge on any atom is -0.354 e. The van der Waals surface area contributed by atoms with Crippen LogP contribution in [0.3, 0.4) is 0 Å². The van der Waals surface area contributed by atoms with E-state index in [2.05, 4.69) is 44.3 Å². The summed E-state index contributed by atoms with van der Waals surface area (Å²) >= 11 is 1.68. The molecule has 1 aliphatic heterocycles. The summed E-state index contributed by atoms with van der Waals surface area (Å²) in [5.74, 6) is 2.16.